The summed E-state index contributed by atoms with van der Waals surface area (Å²) in [5.41, 5.74) is 7.28. The maximum absolute atomic E-state index is 12.3. The summed E-state index contributed by atoms with van der Waals surface area (Å²) in [5.74, 6) is 0.736. The Bertz CT molecular complexity index is 512. The maximum Gasteiger partial charge on any atom is 0.267 e. The average molecular weight is 275 g/mol. The summed E-state index contributed by atoms with van der Waals surface area (Å²) in [7, 11) is 0. The molecular weight excluding hydrogens is 254 g/mol. The van der Waals surface area contributed by atoms with Crippen LogP contribution in [-0.4, -0.2) is 43.1 Å². The molecule has 1 aromatic rings. The van der Waals surface area contributed by atoms with Gasteiger partial charge < -0.3 is 20.3 Å². The van der Waals surface area contributed by atoms with Crippen LogP contribution in [0.2, 0.25) is 0 Å². The van der Waals surface area contributed by atoms with Crippen LogP contribution in [-0.2, 0) is 4.79 Å². The highest BCUT2D eigenvalue weighted by atomic mass is 16.5. The molecule has 1 amide bonds. The van der Waals surface area contributed by atoms with E-state index in [1.165, 1.54) is 12.8 Å². The molecule has 2 N–H and O–H groups in total. The molecule has 0 radical (unpaired) electrons. The van der Waals surface area contributed by atoms with Gasteiger partial charge in [-0.2, -0.15) is 0 Å². The first kappa shape index (κ1) is 13.2. The van der Waals surface area contributed by atoms with Gasteiger partial charge in [0.2, 0.25) is 0 Å². The predicted octanol–water partition coefficient (Wildman–Crippen LogP) is 1.48. The van der Waals surface area contributed by atoms with Crippen LogP contribution < -0.4 is 15.4 Å². The lowest BCUT2D eigenvalue weighted by atomic mass is 10.1. The molecule has 3 rings (SSSR count). The standard InChI is InChI=1S/C15H21N3O2/c1-11-15(19)18(9-8-17-6-2-3-7-17)13-5-4-12(16)10-14(13)20-11/h4-5,10-11H,2-3,6-9,16H2,1H3. The number of hydrogen-bond donors (Lipinski definition) is 1. The zero-order valence-corrected chi connectivity index (χ0v) is 11.8. The Morgan fingerprint density at radius 3 is 2.80 bits per heavy atom. The van der Waals surface area contributed by atoms with Crippen molar-refractivity contribution in [2.24, 2.45) is 0 Å². The highest BCUT2D eigenvalue weighted by Gasteiger charge is 2.31. The van der Waals surface area contributed by atoms with Crippen molar-refractivity contribution >= 4 is 17.3 Å². The summed E-state index contributed by atoms with van der Waals surface area (Å²) in [6, 6.07) is 5.48. The lowest BCUT2D eigenvalue weighted by molar-refractivity contribution is -0.125. The molecule has 108 valence electrons. The highest BCUT2D eigenvalue weighted by Crippen LogP contribution is 2.35. The zero-order chi connectivity index (χ0) is 14.1. The van der Waals surface area contributed by atoms with Gasteiger partial charge in [-0.1, -0.05) is 0 Å². The number of hydrogen-bond acceptors (Lipinski definition) is 4. The minimum Gasteiger partial charge on any atom is -0.479 e. The second-order valence-electron chi connectivity index (χ2n) is 5.53. The number of nitrogens with zero attached hydrogens (tertiary/aromatic N) is 2. The lowest BCUT2D eigenvalue weighted by Crippen LogP contribution is -2.47. The van der Waals surface area contributed by atoms with Crippen molar-refractivity contribution in [2.75, 3.05) is 36.8 Å². The Morgan fingerprint density at radius 1 is 1.30 bits per heavy atom. The molecule has 1 aromatic carbocycles. The van der Waals surface area contributed by atoms with Gasteiger partial charge in [-0.05, 0) is 45.0 Å². The summed E-state index contributed by atoms with van der Waals surface area (Å²) in [6.07, 6.45) is 2.09. The van der Waals surface area contributed by atoms with Crippen LogP contribution >= 0.6 is 0 Å². The molecule has 1 atom stereocenters. The Hall–Kier alpha value is -1.75. The zero-order valence-electron chi connectivity index (χ0n) is 11.8. The van der Waals surface area contributed by atoms with Crippen LogP contribution in [0.15, 0.2) is 18.2 Å². The van der Waals surface area contributed by atoms with Crippen molar-refractivity contribution in [3.05, 3.63) is 18.2 Å². The fraction of sp³-hybridized carbons (Fsp3) is 0.533. The molecule has 1 unspecified atom stereocenters. The van der Waals surface area contributed by atoms with Crippen LogP contribution in [0.5, 0.6) is 5.75 Å². The monoisotopic (exact) mass is 275 g/mol. The second-order valence-corrected chi connectivity index (χ2v) is 5.53. The van der Waals surface area contributed by atoms with E-state index in [1.54, 1.807) is 13.0 Å². The van der Waals surface area contributed by atoms with Crippen LogP contribution in [0.3, 0.4) is 0 Å². The number of likely N-dealkylation sites (tertiary alicyclic amines) is 1. The highest BCUT2D eigenvalue weighted by molar-refractivity contribution is 6.00. The number of nitrogens with two attached hydrogens (primary N) is 1. The number of nitrogen functional groups attached to an aromatic ring is 1. The maximum atomic E-state index is 12.3. The first-order chi connectivity index (χ1) is 9.65. The van der Waals surface area contributed by atoms with E-state index < -0.39 is 6.10 Å². The van der Waals surface area contributed by atoms with Gasteiger partial charge in [-0.25, -0.2) is 0 Å². The quantitative estimate of drug-likeness (QED) is 0.849. The Kier molecular flexibility index (Phi) is 3.53. The van der Waals surface area contributed by atoms with Crippen molar-refractivity contribution in [3.63, 3.8) is 0 Å². The number of anilines is 2. The summed E-state index contributed by atoms with van der Waals surface area (Å²) in [4.78, 5) is 16.6. The van der Waals surface area contributed by atoms with Gasteiger partial charge in [-0.15, -0.1) is 0 Å². The minimum atomic E-state index is -0.442. The third-order valence-corrected chi connectivity index (χ3v) is 4.03. The molecule has 0 aliphatic carbocycles. The number of fused-ring (bicyclic) bond motifs is 1. The van der Waals surface area contributed by atoms with Crippen molar-refractivity contribution < 1.29 is 9.53 Å². The van der Waals surface area contributed by atoms with Gasteiger partial charge >= 0.3 is 0 Å². The normalized spacial score (nSPS) is 22.8. The molecule has 1 saturated heterocycles. The minimum absolute atomic E-state index is 0.0291. The van der Waals surface area contributed by atoms with Gasteiger partial charge in [0.15, 0.2) is 6.10 Å². The van der Waals surface area contributed by atoms with Crippen LogP contribution in [0.4, 0.5) is 11.4 Å². The first-order valence-electron chi connectivity index (χ1n) is 7.25. The molecular formula is C15H21N3O2. The predicted molar refractivity (Wildman–Crippen MR) is 79.0 cm³/mol. The van der Waals surface area contributed by atoms with Crippen molar-refractivity contribution in [2.45, 2.75) is 25.9 Å². The molecule has 20 heavy (non-hydrogen) atoms. The molecule has 0 saturated carbocycles. The number of carbonyl (C=O) groups excluding carboxylic acids is 1. The third kappa shape index (κ3) is 2.45. The molecule has 0 bridgehead atoms. The number of benzene rings is 1. The van der Waals surface area contributed by atoms with Gasteiger partial charge in [0, 0.05) is 24.8 Å². The van der Waals surface area contributed by atoms with Crippen molar-refractivity contribution in [3.8, 4) is 5.75 Å². The first-order valence-corrected chi connectivity index (χ1v) is 7.25. The van der Waals surface area contributed by atoms with E-state index in [-0.39, 0.29) is 5.91 Å². The number of amides is 1. The molecule has 0 aromatic heterocycles. The van der Waals surface area contributed by atoms with Crippen molar-refractivity contribution in [1.82, 2.24) is 4.90 Å². The van der Waals surface area contributed by atoms with E-state index >= 15 is 0 Å². The van der Waals surface area contributed by atoms with Crippen LogP contribution in [0.1, 0.15) is 19.8 Å². The van der Waals surface area contributed by atoms with E-state index in [1.807, 2.05) is 17.0 Å². The summed E-state index contributed by atoms with van der Waals surface area (Å²) >= 11 is 0. The lowest BCUT2D eigenvalue weighted by Gasteiger charge is -2.34. The summed E-state index contributed by atoms with van der Waals surface area (Å²) < 4.78 is 5.64. The Morgan fingerprint density at radius 2 is 2.05 bits per heavy atom. The van der Waals surface area contributed by atoms with Gasteiger partial charge in [-0.3, -0.25) is 4.79 Å². The van der Waals surface area contributed by atoms with Crippen LogP contribution in [0.25, 0.3) is 0 Å². The number of ether oxygens (including phenoxy) is 1. The molecule has 5 heteroatoms. The Balaban J connectivity index is 1.79. The number of rotatable bonds is 3. The van der Waals surface area contributed by atoms with Gasteiger partial charge in [0.1, 0.15) is 5.75 Å². The number of carbonyl (C=O) groups is 1. The summed E-state index contributed by atoms with van der Waals surface area (Å²) in [6.45, 7) is 5.70. The fourth-order valence-corrected chi connectivity index (χ4v) is 2.91. The van der Waals surface area contributed by atoms with E-state index in [0.29, 0.717) is 18.0 Å². The topological polar surface area (TPSA) is 58.8 Å². The Labute approximate surface area is 119 Å². The molecule has 5 nitrogen and oxygen atoms in total. The largest absolute Gasteiger partial charge is 0.479 e. The fourth-order valence-electron chi connectivity index (χ4n) is 2.91. The van der Waals surface area contributed by atoms with Crippen molar-refractivity contribution in [1.29, 1.82) is 0 Å². The van der Waals surface area contributed by atoms with E-state index in [0.717, 1.165) is 25.3 Å². The smallest absolute Gasteiger partial charge is 0.267 e. The third-order valence-electron chi connectivity index (χ3n) is 4.03. The van der Waals surface area contributed by atoms with Gasteiger partial charge in [0.05, 0.1) is 5.69 Å². The second kappa shape index (κ2) is 5.32. The SMILES string of the molecule is CC1Oc2cc(N)ccc2N(CCN2CCCC2)C1=O. The van der Waals surface area contributed by atoms with E-state index in [9.17, 15) is 4.79 Å². The molecule has 2 aliphatic rings. The van der Waals surface area contributed by atoms with Gasteiger partial charge in [0.25, 0.3) is 5.91 Å². The molecule has 0 spiro atoms. The summed E-state index contributed by atoms with van der Waals surface area (Å²) in [5, 5.41) is 0. The van der Waals surface area contributed by atoms with E-state index in [4.69, 9.17) is 10.5 Å². The average Bonchev–Trinajstić information content (AvgIpc) is 2.92. The molecule has 2 heterocycles. The van der Waals surface area contributed by atoms with Crippen LogP contribution in [0, 0.1) is 0 Å². The van der Waals surface area contributed by atoms with E-state index in [2.05, 4.69) is 4.90 Å². The molecule has 1 fully saturated rings. The molecule has 2 aliphatic heterocycles.